The van der Waals surface area contributed by atoms with Crippen molar-refractivity contribution in [2.24, 2.45) is 11.8 Å². The third-order valence-corrected chi connectivity index (χ3v) is 4.51. The van der Waals surface area contributed by atoms with Gasteiger partial charge in [-0.15, -0.1) is 0 Å². The van der Waals surface area contributed by atoms with Crippen molar-refractivity contribution in [3.63, 3.8) is 0 Å². The molecule has 1 rings (SSSR count). The van der Waals surface area contributed by atoms with Crippen LogP contribution in [-0.2, 0) is 9.53 Å². The lowest BCUT2D eigenvalue weighted by Crippen LogP contribution is -2.46. The summed E-state index contributed by atoms with van der Waals surface area (Å²) >= 11 is 0. The van der Waals surface area contributed by atoms with Gasteiger partial charge in [0.1, 0.15) is 0 Å². The van der Waals surface area contributed by atoms with E-state index in [0.717, 1.165) is 25.9 Å². The van der Waals surface area contributed by atoms with Crippen molar-refractivity contribution in [2.75, 3.05) is 26.2 Å². The normalized spacial score (nSPS) is 20.5. The molecular weight excluding hydrogens is 292 g/mol. The monoisotopic (exact) mass is 328 g/mol. The number of aliphatic hydroxyl groups is 1. The molecule has 1 aliphatic heterocycles. The second-order valence-corrected chi connectivity index (χ2v) is 8.19. The van der Waals surface area contributed by atoms with Crippen molar-refractivity contribution in [2.45, 2.75) is 72.1 Å². The first-order valence-corrected chi connectivity index (χ1v) is 8.93. The summed E-state index contributed by atoms with van der Waals surface area (Å²) in [6, 6.07) is 0.219. The highest BCUT2D eigenvalue weighted by Crippen LogP contribution is 2.18. The minimum Gasteiger partial charge on any atom is -0.389 e. The zero-order valence-electron chi connectivity index (χ0n) is 15.8. The first kappa shape index (κ1) is 20.4. The van der Waals surface area contributed by atoms with Crippen LogP contribution in [0.2, 0.25) is 0 Å². The second-order valence-electron chi connectivity index (χ2n) is 8.19. The lowest BCUT2D eigenvalue weighted by atomic mass is 9.94. The van der Waals surface area contributed by atoms with Gasteiger partial charge in [-0.25, -0.2) is 0 Å². The third-order valence-electron chi connectivity index (χ3n) is 4.51. The van der Waals surface area contributed by atoms with Gasteiger partial charge in [-0.05, 0) is 59.5 Å². The van der Waals surface area contributed by atoms with Gasteiger partial charge in [0.15, 0.2) is 0 Å². The van der Waals surface area contributed by atoms with Crippen LogP contribution < -0.4 is 5.32 Å². The Morgan fingerprint density at radius 3 is 2.30 bits per heavy atom. The van der Waals surface area contributed by atoms with Crippen LogP contribution >= 0.6 is 0 Å². The number of likely N-dealkylation sites (tertiary alicyclic amines) is 1. The molecule has 2 atom stereocenters. The van der Waals surface area contributed by atoms with Crippen molar-refractivity contribution in [3.05, 3.63) is 0 Å². The molecule has 0 aromatic carbocycles. The number of carbonyl (C=O) groups is 1. The zero-order valence-corrected chi connectivity index (χ0v) is 15.8. The fraction of sp³-hybridized carbons (Fsp3) is 0.944. The van der Waals surface area contributed by atoms with E-state index in [0.29, 0.717) is 19.1 Å². The first-order valence-electron chi connectivity index (χ1n) is 8.93. The average molecular weight is 328 g/mol. The molecular formula is C18H36N2O3. The number of carbonyl (C=O) groups excluding carboxylic acids is 1. The van der Waals surface area contributed by atoms with E-state index in [9.17, 15) is 9.90 Å². The van der Waals surface area contributed by atoms with E-state index in [1.807, 2.05) is 20.8 Å². The minimum absolute atomic E-state index is 0.107. The van der Waals surface area contributed by atoms with Crippen LogP contribution in [0.15, 0.2) is 0 Å². The molecule has 1 saturated heterocycles. The molecule has 0 aromatic heterocycles. The molecule has 5 nitrogen and oxygen atoms in total. The Morgan fingerprint density at radius 2 is 1.83 bits per heavy atom. The molecule has 1 heterocycles. The summed E-state index contributed by atoms with van der Waals surface area (Å²) in [6.45, 7) is 15.0. The van der Waals surface area contributed by atoms with Crippen LogP contribution in [0.1, 0.15) is 54.4 Å². The van der Waals surface area contributed by atoms with E-state index in [4.69, 9.17) is 4.74 Å². The maximum atomic E-state index is 12.3. The van der Waals surface area contributed by atoms with E-state index in [1.54, 1.807) is 0 Å². The molecule has 2 N–H and O–H groups in total. The number of amides is 1. The molecule has 0 spiro atoms. The highest BCUT2D eigenvalue weighted by atomic mass is 16.5. The standard InChI is InChI=1S/C18H36N2O3/c1-13(2)14(3)19-17(22)15-7-9-20(10-8-15)11-16(21)12-23-18(4,5)6/h13-16,21H,7-12H2,1-6H3,(H,19,22). The summed E-state index contributed by atoms with van der Waals surface area (Å²) in [5.41, 5.74) is -0.223. The molecule has 0 bridgehead atoms. The summed E-state index contributed by atoms with van der Waals surface area (Å²) in [7, 11) is 0. The van der Waals surface area contributed by atoms with E-state index in [-0.39, 0.29) is 23.5 Å². The molecule has 5 heteroatoms. The number of hydrogen-bond acceptors (Lipinski definition) is 4. The number of aliphatic hydroxyl groups excluding tert-OH is 1. The molecule has 1 aliphatic rings. The van der Waals surface area contributed by atoms with Crippen molar-refractivity contribution < 1.29 is 14.6 Å². The Labute approximate surface area is 141 Å². The quantitative estimate of drug-likeness (QED) is 0.751. The van der Waals surface area contributed by atoms with E-state index < -0.39 is 6.10 Å². The number of nitrogens with zero attached hydrogens (tertiary/aromatic N) is 1. The number of nitrogens with one attached hydrogen (secondary N) is 1. The minimum atomic E-state index is -0.472. The van der Waals surface area contributed by atoms with Gasteiger partial charge in [0, 0.05) is 18.5 Å². The van der Waals surface area contributed by atoms with Gasteiger partial charge in [0.25, 0.3) is 0 Å². The predicted molar refractivity (Wildman–Crippen MR) is 93.3 cm³/mol. The van der Waals surface area contributed by atoms with Crippen LogP contribution in [0.4, 0.5) is 0 Å². The first-order chi connectivity index (χ1) is 10.6. The van der Waals surface area contributed by atoms with Crippen LogP contribution in [-0.4, -0.2) is 59.9 Å². The number of ether oxygens (including phenoxy) is 1. The van der Waals surface area contributed by atoms with Crippen LogP contribution in [0, 0.1) is 11.8 Å². The number of rotatable bonds is 7. The van der Waals surface area contributed by atoms with Crippen molar-refractivity contribution in [1.29, 1.82) is 0 Å². The van der Waals surface area contributed by atoms with Crippen LogP contribution in [0.25, 0.3) is 0 Å². The highest BCUT2D eigenvalue weighted by Gasteiger charge is 2.27. The van der Waals surface area contributed by atoms with Crippen molar-refractivity contribution in [1.82, 2.24) is 10.2 Å². The lowest BCUT2D eigenvalue weighted by molar-refractivity contribution is -0.127. The fourth-order valence-corrected chi connectivity index (χ4v) is 2.58. The fourth-order valence-electron chi connectivity index (χ4n) is 2.58. The average Bonchev–Trinajstić information content (AvgIpc) is 2.45. The maximum Gasteiger partial charge on any atom is 0.223 e. The lowest BCUT2D eigenvalue weighted by Gasteiger charge is -2.33. The Bertz CT molecular complexity index is 358. The SMILES string of the molecule is CC(C)C(C)NC(=O)C1CCN(CC(O)COC(C)(C)C)CC1. The van der Waals surface area contributed by atoms with Gasteiger partial charge in [-0.1, -0.05) is 13.8 Å². The summed E-state index contributed by atoms with van der Waals surface area (Å²) < 4.78 is 5.62. The van der Waals surface area contributed by atoms with Crippen LogP contribution in [0.5, 0.6) is 0 Å². The molecule has 1 amide bonds. The van der Waals surface area contributed by atoms with Gasteiger partial charge in [-0.3, -0.25) is 4.79 Å². The summed E-state index contributed by atoms with van der Waals surface area (Å²) in [4.78, 5) is 14.5. The molecule has 0 aliphatic carbocycles. The molecule has 0 saturated carbocycles. The number of hydrogen-bond donors (Lipinski definition) is 2. The molecule has 136 valence electrons. The van der Waals surface area contributed by atoms with E-state index in [1.165, 1.54) is 0 Å². The predicted octanol–water partition coefficient (Wildman–Crippen LogP) is 2.04. The van der Waals surface area contributed by atoms with Gasteiger partial charge in [0.05, 0.1) is 18.3 Å². The summed E-state index contributed by atoms with van der Waals surface area (Å²) in [5, 5.41) is 13.2. The van der Waals surface area contributed by atoms with E-state index in [2.05, 4.69) is 31.0 Å². The molecule has 1 fully saturated rings. The van der Waals surface area contributed by atoms with E-state index >= 15 is 0 Å². The third kappa shape index (κ3) is 8.13. The molecule has 0 aromatic rings. The highest BCUT2D eigenvalue weighted by molar-refractivity contribution is 5.79. The van der Waals surface area contributed by atoms with Crippen LogP contribution in [0.3, 0.4) is 0 Å². The Kier molecular flexibility index (Phi) is 7.98. The van der Waals surface area contributed by atoms with Gasteiger partial charge in [0.2, 0.25) is 5.91 Å². The van der Waals surface area contributed by atoms with Gasteiger partial charge >= 0.3 is 0 Å². The summed E-state index contributed by atoms with van der Waals surface area (Å²) in [6.07, 6.45) is 1.26. The Morgan fingerprint density at radius 1 is 1.26 bits per heavy atom. The Balaban J connectivity index is 2.28. The smallest absolute Gasteiger partial charge is 0.223 e. The Hall–Kier alpha value is -0.650. The molecule has 2 unspecified atom stereocenters. The summed E-state index contributed by atoms with van der Waals surface area (Å²) in [5.74, 6) is 0.745. The number of β-amino-alcohol motifs (C(OH)–C–C–N with tert-alkyl or cyclic N) is 1. The zero-order chi connectivity index (χ0) is 17.6. The topological polar surface area (TPSA) is 61.8 Å². The van der Waals surface area contributed by atoms with Crippen molar-refractivity contribution in [3.8, 4) is 0 Å². The molecule has 0 radical (unpaired) electrons. The second kappa shape index (κ2) is 9.00. The maximum absolute atomic E-state index is 12.3. The van der Waals surface area contributed by atoms with Gasteiger partial charge < -0.3 is 20.1 Å². The van der Waals surface area contributed by atoms with Gasteiger partial charge in [-0.2, -0.15) is 0 Å². The van der Waals surface area contributed by atoms with Crippen molar-refractivity contribution >= 4 is 5.91 Å². The largest absolute Gasteiger partial charge is 0.389 e. The number of piperidine rings is 1. The molecule has 23 heavy (non-hydrogen) atoms.